The minimum Gasteiger partial charge on any atom is -0.497 e. The Morgan fingerprint density at radius 1 is 1.32 bits per heavy atom. The fourth-order valence-corrected chi connectivity index (χ4v) is 3.16. The Hall–Kier alpha value is -2.41. The van der Waals surface area contributed by atoms with Gasteiger partial charge in [0, 0.05) is 30.9 Å². The maximum Gasteiger partial charge on any atom is 0.244 e. The van der Waals surface area contributed by atoms with E-state index in [1.165, 1.54) is 0 Å². The number of nitrogens with zero attached hydrogens (tertiary/aromatic N) is 5. The van der Waals surface area contributed by atoms with E-state index in [0.717, 1.165) is 23.8 Å². The van der Waals surface area contributed by atoms with E-state index < -0.39 is 0 Å². The Bertz CT molecular complexity index is 743. The number of rotatable bonds is 5. The lowest BCUT2D eigenvalue weighted by molar-refractivity contribution is -0.125. The van der Waals surface area contributed by atoms with Crippen molar-refractivity contribution in [2.45, 2.75) is 39.4 Å². The zero-order valence-electron chi connectivity index (χ0n) is 15.2. The van der Waals surface area contributed by atoms with Gasteiger partial charge in [0.05, 0.1) is 19.7 Å². The number of aromatic nitrogens is 3. The molecule has 134 valence electrons. The molecule has 1 saturated heterocycles. The topological polar surface area (TPSA) is 63.5 Å². The van der Waals surface area contributed by atoms with E-state index in [4.69, 9.17) is 4.74 Å². The summed E-state index contributed by atoms with van der Waals surface area (Å²) in [6.45, 7) is 8.20. The zero-order chi connectivity index (χ0) is 18.0. The number of ether oxygens (including phenoxy) is 1. The van der Waals surface area contributed by atoms with Crippen molar-refractivity contribution in [3.63, 3.8) is 0 Å². The van der Waals surface area contributed by atoms with Gasteiger partial charge in [-0.2, -0.15) is 0 Å². The van der Waals surface area contributed by atoms with E-state index in [1.54, 1.807) is 13.4 Å². The summed E-state index contributed by atoms with van der Waals surface area (Å²) >= 11 is 0. The van der Waals surface area contributed by atoms with E-state index >= 15 is 0 Å². The summed E-state index contributed by atoms with van der Waals surface area (Å²) < 4.78 is 7.32. The van der Waals surface area contributed by atoms with Crippen molar-refractivity contribution in [1.82, 2.24) is 19.7 Å². The SMILES string of the molecule is COc1cccc(N2CCN(Cc3nncn3C(C)C)C(C)C2=O)c1. The molecule has 1 aromatic heterocycles. The van der Waals surface area contributed by atoms with E-state index in [9.17, 15) is 4.79 Å². The van der Waals surface area contributed by atoms with E-state index in [-0.39, 0.29) is 11.9 Å². The summed E-state index contributed by atoms with van der Waals surface area (Å²) in [7, 11) is 1.63. The van der Waals surface area contributed by atoms with Crippen LogP contribution in [0.4, 0.5) is 5.69 Å². The molecule has 0 aliphatic carbocycles. The summed E-state index contributed by atoms with van der Waals surface area (Å²) in [4.78, 5) is 16.9. The first-order valence-corrected chi connectivity index (χ1v) is 8.59. The van der Waals surface area contributed by atoms with Gasteiger partial charge in [0.1, 0.15) is 17.9 Å². The molecule has 25 heavy (non-hydrogen) atoms. The number of amides is 1. The predicted octanol–water partition coefficient (Wildman–Crippen LogP) is 2.10. The minimum atomic E-state index is -0.211. The third kappa shape index (κ3) is 3.51. The highest BCUT2D eigenvalue weighted by Crippen LogP contribution is 2.25. The van der Waals surface area contributed by atoms with Crippen LogP contribution in [0.25, 0.3) is 0 Å². The minimum absolute atomic E-state index is 0.0927. The molecule has 1 aromatic carbocycles. The second-order valence-electron chi connectivity index (χ2n) is 6.59. The molecule has 1 amide bonds. The third-order valence-corrected chi connectivity index (χ3v) is 4.70. The lowest BCUT2D eigenvalue weighted by Crippen LogP contribution is -2.55. The van der Waals surface area contributed by atoms with E-state index in [2.05, 4.69) is 28.9 Å². The number of hydrogen-bond donors (Lipinski definition) is 0. The van der Waals surface area contributed by atoms with Gasteiger partial charge in [0.15, 0.2) is 0 Å². The normalized spacial score (nSPS) is 18.8. The molecular weight excluding hydrogens is 318 g/mol. The Morgan fingerprint density at radius 2 is 2.12 bits per heavy atom. The highest BCUT2D eigenvalue weighted by Gasteiger charge is 2.33. The van der Waals surface area contributed by atoms with Crippen LogP contribution >= 0.6 is 0 Å². The first kappa shape index (κ1) is 17.4. The lowest BCUT2D eigenvalue weighted by Gasteiger charge is -2.39. The van der Waals surface area contributed by atoms with Crippen LogP contribution in [0, 0.1) is 0 Å². The number of anilines is 1. The molecule has 3 rings (SSSR count). The zero-order valence-corrected chi connectivity index (χ0v) is 15.2. The van der Waals surface area contributed by atoms with Crippen LogP contribution in [-0.2, 0) is 11.3 Å². The van der Waals surface area contributed by atoms with Gasteiger partial charge >= 0.3 is 0 Å². The molecule has 1 atom stereocenters. The maximum atomic E-state index is 12.9. The molecule has 0 bridgehead atoms. The van der Waals surface area contributed by atoms with Crippen molar-refractivity contribution in [1.29, 1.82) is 0 Å². The summed E-state index contributed by atoms with van der Waals surface area (Å²) in [5, 5.41) is 8.23. The van der Waals surface area contributed by atoms with Crippen molar-refractivity contribution < 1.29 is 9.53 Å². The highest BCUT2D eigenvalue weighted by atomic mass is 16.5. The third-order valence-electron chi connectivity index (χ3n) is 4.70. The molecule has 0 N–H and O–H groups in total. The van der Waals surface area contributed by atoms with E-state index in [1.807, 2.05) is 40.7 Å². The molecule has 0 radical (unpaired) electrons. The molecule has 0 spiro atoms. The quantitative estimate of drug-likeness (QED) is 0.832. The van der Waals surface area contributed by atoms with Crippen molar-refractivity contribution in [2.75, 3.05) is 25.1 Å². The van der Waals surface area contributed by atoms with Gasteiger partial charge in [-0.3, -0.25) is 9.69 Å². The molecule has 7 nitrogen and oxygen atoms in total. The van der Waals surface area contributed by atoms with Crippen LogP contribution in [0.5, 0.6) is 5.75 Å². The Balaban J connectivity index is 1.74. The molecule has 2 aromatic rings. The van der Waals surface area contributed by atoms with Crippen LogP contribution in [-0.4, -0.2) is 51.8 Å². The van der Waals surface area contributed by atoms with Gasteiger partial charge in [-0.1, -0.05) is 6.07 Å². The predicted molar refractivity (Wildman–Crippen MR) is 95.6 cm³/mol. The number of hydrogen-bond acceptors (Lipinski definition) is 5. The number of piperazine rings is 1. The molecule has 0 saturated carbocycles. The molecule has 1 aliphatic rings. The van der Waals surface area contributed by atoms with Gasteiger partial charge in [0.25, 0.3) is 0 Å². The average molecular weight is 343 g/mol. The molecule has 2 heterocycles. The van der Waals surface area contributed by atoms with Crippen molar-refractivity contribution >= 4 is 11.6 Å². The van der Waals surface area contributed by atoms with Crippen LogP contribution in [0.3, 0.4) is 0 Å². The van der Waals surface area contributed by atoms with Crippen LogP contribution < -0.4 is 9.64 Å². The monoisotopic (exact) mass is 343 g/mol. The van der Waals surface area contributed by atoms with Crippen molar-refractivity contribution in [3.05, 3.63) is 36.4 Å². The highest BCUT2D eigenvalue weighted by molar-refractivity contribution is 5.97. The largest absolute Gasteiger partial charge is 0.497 e. The molecule has 1 fully saturated rings. The fourth-order valence-electron chi connectivity index (χ4n) is 3.16. The van der Waals surface area contributed by atoms with Gasteiger partial charge in [-0.05, 0) is 32.9 Å². The summed E-state index contributed by atoms with van der Waals surface area (Å²) in [5.74, 6) is 1.74. The van der Waals surface area contributed by atoms with Crippen LogP contribution in [0.1, 0.15) is 32.6 Å². The summed E-state index contributed by atoms with van der Waals surface area (Å²) in [5.41, 5.74) is 0.876. The fraction of sp³-hybridized carbons (Fsp3) is 0.500. The molecule has 1 aliphatic heterocycles. The van der Waals surface area contributed by atoms with Crippen molar-refractivity contribution in [2.24, 2.45) is 0 Å². The lowest BCUT2D eigenvalue weighted by atomic mass is 10.1. The Labute approximate surface area is 148 Å². The van der Waals surface area contributed by atoms with Crippen molar-refractivity contribution in [3.8, 4) is 5.75 Å². The Kier molecular flexibility index (Phi) is 5.03. The van der Waals surface area contributed by atoms with Gasteiger partial charge in [-0.25, -0.2) is 0 Å². The second-order valence-corrected chi connectivity index (χ2v) is 6.59. The first-order chi connectivity index (χ1) is 12.0. The smallest absolute Gasteiger partial charge is 0.244 e. The Morgan fingerprint density at radius 3 is 2.84 bits per heavy atom. The summed E-state index contributed by atoms with van der Waals surface area (Å²) in [6, 6.07) is 7.72. The van der Waals surface area contributed by atoms with E-state index in [0.29, 0.717) is 19.1 Å². The standard InChI is InChI=1S/C18H25N5O2/c1-13(2)23-12-19-20-17(23)11-21-8-9-22(18(24)14(21)3)15-6-5-7-16(10-15)25-4/h5-7,10,12-14H,8-9,11H2,1-4H3. The number of carbonyl (C=O) groups is 1. The summed E-state index contributed by atoms with van der Waals surface area (Å²) in [6.07, 6.45) is 1.75. The number of methoxy groups -OCH3 is 1. The molecular formula is C18H25N5O2. The van der Waals surface area contributed by atoms with Gasteiger partial charge in [0.2, 0.25) is 5.91 Å². The van der Waals surface area contributed by atoms with Gasteiger partial charge < -0.3 is 14.2 Å². The number of carbonyl (C=O) groups excluding carboxylic acids is 1. The van der Waals surface area contributed by atoms with Gasteiger partial charge in [-0.15, -0.1) is 10.2 Å². The molecule has 7 heteroatoms. The second kappa shape index (κ2) is 7.23. The van der Waals surface area contributed by atoms with Crippen LogP contribution in [0.15, 0.2) is 30.6 Å². The van der Waals surface area contributed by atoms with Crippen LogP contribution in [0.2, 0.25) is 0 Å². The molecule has 1 unspecified atom stereocenters. The maximum absolute atomic E-state index is 12.9. The average Bonchev–Trinajstić information content (AvgIpc) is 3.07. The number of benzene rings is 1. The first-order valence-electron chi connectivity index (χ1n) is 8.59.